The highest BCUT2D eigenvalue weighted by Crippen LogP contribution is 2.36. The number of halogens is 2. The molecule has 0 bridgehead atoms. The van der Waals surface area contributed by atoms with Crippen molar-refractivity contribution < 1.29 is 4.39 Å². The van der Waals surface area contributed by atoms with Crippen LogP contribution in [0.2, 0.25) is 5.02 Å². The van der Waals surface area contributed by atoms with E-state index in [0.29, 0.717) is 11.6 Å². The summed E-state index contributed by atoms with van der Waals surface area (Å²) in [4.78, 5) is 4.21. The lowest BCUT2D eigenvalue weighted by Crippen LogP contribution is -2.09. The van der Waals surface area contributed by atoms with Gasteiger partial charge in [0.05, 0.1) is 5.02 Å². The zero-order valence-corrected chi connectivity index (χ0v) is 11.1. The van der Waals surface area contributed by atoms with Crippen LogP contribution in [0.1, 0.15) is 10.8 Å². The summed E-state index contributed by atoms with van der Waals surface area (Å²) in [5, 5.41) is 1.35. The number of hydrogen-bond donors (Lipinski definition) is 1. The molecule has 18 heavy (non-hydrogen) atoms. The highest BCUT2D eigenvalue weighted by atomic mass is 35.5. The molecule has 0 aliphatic rings. The molecule has 0 aliphatic heterocycles. The van der Waals surface area contributed by atoms with Crippen molar-refractivity contribution in [2.45, 2.75) is 10.3 Å². The van der Waals surface area contributed by atoms with Crippen LogP contribution < -0.4 is 5.73 Å². The van der Waals surface area contributed by atoms with Crippen LogP contribution in [-0.2, 0) is 0 Å². The first kappa shape index (κ1) is 13.3. The molecular weight excluding hydrogens is 271 g/mol. The predicted molar refractivity (Wildman–Crippen MR) is 73.3 cm³/mol. The van der Waals surface area contributed by atoms with Crippen molar-refractivity contribution in [1.82, 2.24) is 4.98 Å². The molecule has 0 amide bonds. The van der Waals surface area contributed by atoms with Crippen molar-refractivity contribution in [2.75, 3.05) is 6.54 Å². The van der Waals surface area contributed by atoms with Gasteiger partial charge < -0.3 is 5.73 Å². The summed E-state index contributed by atoms with van der Waals surface area (Å²) < 4.78 is 12.9. The van der Waals surface area contributed by atoms with E-state index < -0.39 is 0 Å². The van der Waals surface area contributed by atoms with E-state index in [1.54, 1.807) is 30.5 Å². The van der Waals surface area contributed by atoms with Gasteiger partial charge in [0.25, 0.3) is 0 Å². The fraction of sp³-hybridized carbons (Fsp3) is 0.154. The highest BCUT2D eigenvalue weighted by Gasteiger charge is 2.14. The summed E-state index contributed by atoms with van der Waals surface area (Å²) in [6.07, 6.45) is 1.69. The molecule has 94 valence electrons. The molecular formula is C13H12ClFN2S. The van der Waals surface area contributed by atoms with E-state index in [0.717, 1.165) is 10.6 Å². The molecule has 2 rings (SSSR count). The maximum absolute atomic E-state index is 12.9. The fourth-order valence-electron chi connectivity index (χ4n) is 1.52. The van der Waals surface area contributed by atoms with Gasteiger partial charge in [-0.1, -0.05) is 35.5 Å². The molecule has 1 heterocycles. The van der Waals surface area contributed by atoms with Crippen molar-refractivity contribution in [3.63, 3.8) is 0 Å². The lowest BCUT2D eigenvalue weighted by atomic mass is 10.1. The maximum Gasteiger partial charge on any atom is 0.123 e. The van der Waals surface area contributed by atoms with E-state index >= 15 is 0 Å². The first-order valence-corrected chi connectivity index (χ1v) is 6.69. The Morgan fingerprint density at radius 2 is 2.00 bits per heavy atom. The highest BCUT2D eigenvalue weighted by molar-refractivity contribution is 7.99. The second-order valence-electron chi connectivity index (χ2n) is 3.68. The van der Waals surface area contributed by atoms with Gasteiger partial charge in [-0.15, -0.1) is 0 Å². The second-order valence-corrected chi connectivity index (χ2v) is 5.28. The molecule has 2 aromatic rings. The first-order chi connectivity index (χ1) is 8.70. The van der Waals surface area contributed by atoms with Crippen molar-refractivity contribution in [2.24, 2.45) is 5.73 Å². The van der Waals surface area contributed by atoms with E-state index in [1.807, 2.05) is 0 Å². The lowest BCUT2D eigenvalue weighted by molar-refractivity contribution is 0.627. The summed E-state index contributed by atoms with van der Waals surface area (Å²) >= 11 is 7.54. The number of thioether (sulfide) groups is 1. The Labute approximate surface area is 114 Å². The van der Waals surface area contributed by atoms with Gasteiger partial charge in [0.1, 0.15) is 10.8 Å². The minimum absolute atomic E-state index is 0.0120. The largest absolute Gasteiger partial charge is 0.329 e. The Balaban J connectivity index is 2.20. The van der Waals surface area contributed by atoms with Gasteiger partial charge in [-0.05, 0) is 29.8 Å². The van der Waals surface area contributed by atoms with E-state index in [9.17, 15) is 4.39 Å². The lowest BCUT2D eigenvalue weighted by Gasteiger charge is -2.14. The summed E-state index contributed by atoms with van der Waals surface area (Å²) in [5.74, 6) is -0.254. The average Bonchev–Trinajstić information content (AvgIpc) is 2.39. The van der Waals surface area contributed by atoms with Crippen molar-refractivity contribution >= 4 is 23.4 Å². The molecule has 0 saturated carbocycles. The molecule has 0 spiro atoms. The monoisotopic (exact) mass is 282 g/mol. The number of hydrogen-bond acceptors (Lipinski definition) is 3. The number of nitrogens with zero attached hydrogens (tertiary/aromatic N) is 1. The third-order valence-corrected chi connectivity index (χ3v) is 4.15. The molecule has 0 radical (unpaired) electrons. The van der Waals surface area contributed by atoms with Gasteiger partial charge in [-0.3, -0.25) is 0 Å². The molecule has 1 unspecified atom stereocenters. The van der Waals surface area contributed by atoms with E-state index in [-0.39, 0.29) is 11.1 Å². The zero-order valence-electron chi connectivity index (χ0n) is 9.51. The van der Waals surface area contributed by atoms with Crippen LogP contribution >= 0.6 is 23.4 Å². The molecule has 1 aromatic carbocycles. The van der Waals surface area contributed by atoms with Crippen LogP contribution in [0.15, 0.2) is 47.6 Å². The van der Waals surface area contributed by atoms with Gasteiger partial charge in [0, 0.05) is 18.0 Å². The van der Waals surface area contributed by atoms with Gasteiger partial charge >= 0.3 is 0 Å². The van der Waals surface area contributed by atoms with Crippen LogP contribution in [0, 0.1) is 5.82 Å². The quantitative estimate of drug-likeness (QED) is 0.870. The minimum Gasteiger partial charge on any atom is -0.329 e. The summed E-state index contributed by atoms with van der Waals surface area (Å²) in [5.41, 5.74) is 6.72. The molecule has 2 nitrogen and oxygen atoms in total. The summed E-state index contributed by atoms with van der Waals surface area (Å²) in [6.45, 7) is 0.434. The number of aromatic nitrogens is 1. The van der Waals surface area contributed by atoms with Crippen molar-refractivity contribution in [1.29, 1.82) is 0 Å². The Hall–Kier alpha value is -1.10. The molecule has 1 atom stereocenters. The molecule has 1 aromatic heterocycles. The van der Waals surface area contributed by atoms with E-state index in [4.69, 9.17) is 17.3 Å². The first-order valence-electron chi connectivity index (χ1n) is 5.43. The number of pyridine rings is 1. The Kier molecular flexibility index (Phi) is 4.58. The Morgan fingerprint density at radius 3 is 2.61 bits per heavy atom. The maximum atomic E-state index is 12.9. The Morgan fingerprint density at radius 1 is 1.28 bits per heavy atom. The second kappa shape index (κ2) is 6.18. The minimum atomic E-state index is -0.254. The SMILES string of the molecule is NCC(Sc1ncccc1Cl)c1ccc(F)cc1. The van der Waals surface area contributed by atoms with Gasteiger partial charge in [-0.2, -0.15) is 0 Å². The number of nitrogens with two attached hydrogens (primary N) is 1. The zero-order chi connectivity index (χ0) is 13.0. The molecule has 2 N–H and O–H groups in total. The number of benzene rings is 1. The standard InChI is InChI=1S/C13H12ClFN2S/c14-11-2-1-7-17-13(11)18-12(8-16)9-3-5-10(15)6-4-9/h1-7,12H,8,16H2. The number of rotatable bonds is 4. The van der Waals surface area contributed by atoms with Crippen molar-refractivity contribution in [3.05, 3.63) is 59.0 Å². The van der Waals surface area contributed by atoms with E-state index in [2.05, 4.69) is 4.98 Å². The average molecular weight is 283 g/mol. The van der Waals surface area contributed by atoms with Crippen LogP contribution in [0.3, 0.4) is 0 Å². The third kappa shape index (κ3) is 3.22. The van der Waals surface area contributed by atoms with Gasteiger partial charge in [0.15, 0.2) is 0 Å². The summed E-state index contributed by atoms with van der Waals surface area (Å²) in [6, 6.07) is 9.89. The molecule has 0 fully saturated rings. The predicted octanol–water partition coefficient (Wildman–Crippen LogP) is 3.67. The normalized spacial score (nSPS) is 12.4. The molecule has 0 saturated heterocycles. The van der Waals surface area contributed by atoms with E-state index in [1.165, 1.54) is 23.9 Å². The summed E-state index contributed by atoms with van der Waals surface area (Å²) in [7, 11) is 0. The Bertz CT molecular complexity index is 519. The van der Waals surface area contributed by atoms with Crippen molar-refractivity contribution in [3.8, 4) is 0 Å². The van der Waals surface area contributed by atoms with Crippen LogP contribution in [0.5, 0.6) is 0 Å². The van der Waals surface area contributed by atoms with Crippen LogP contribution in [0.4, 0.5) is 4.39 Å². The molecule has 5 heteroatoms. The van der Waals surface area contributed by atoms with Crippen LogP contribution in [0.25, 0.3) is 0 Å². The smallest absolute Gasteiger partial charge is 0.123 e. The fourth-order valence-corrected chi connectivity index (χ4v) is 2.74. The van der Waals surface area contributed by atoms with Gasteiger partial charge in [-0.25, -0.2) is 9.37 Å². The molecule has 0 aliphatic carbocycles. The van der Waals surface area contributed by atoms with Crippen LogP contribution in [-0.4, -0.2) is 11.5 Å². The topological polar surface area (TPSA) is 38.9 Å². The van der Waals surface area contributed by atoms with Gasteiger partial charge in [0.2, 0.25) is 0 Å². The third-order valence-electron chi connectivity index (χ3n) is 2.43.